The van der Waals surface area contributed by atoms with Gasteiger partial charge >= 0.3 is 0 Å². The third kappa shape index (κ3) is 2.72. The molecule has 0 saturated carbocycles. The molecule has 0 radical (unpaired) electrons. The minimum absolute atomic E-state index is 0.104. The largest absolute Gasteiger partial charge is 0.243 e. The second-order valence-corrected chi connectivity index (χ2v) is 7.58. The summed E-state index contributed by atoms with van der Waals surface area (Å²) in [5, 5.41) is 9.08. The van der Waals surface area contributed by atoms with Gasteiger partial charge in [-0.1, -0.05) is 30.4 Å². The van der Waals surface area contributed by atoms with E-state index in [4.69, 9.17) is 5.26 Å². The highest BCUT2D eigenvalue weighted by Crippen LogP contribution is 2.37. The van der Waals surface area contributed by atoms with Gasteiger partial charge in [-0.2, -0.15) is 9.57 Å². The first-order chi connectivity index (χ1) is 10.3. The van der Waals surface area contributed by atoms with Crippen LogP contribution in [0, 0.1) is 30.1 Å². The summed E-state index contributed by atoms with van der Waals surface area (Å²) in [7, 11) is -3.59. The molecular weight excluding hydrogens is 296 g/mol. The van der Waals surface area contributed by atoms with Gasteiger partial charge in [-0.15, -0.1) is 6.58 Å². The number of hydrogen-bond donors (Lipinski definition) is 0. The summed E-state index contributed by atoms with van der Waals surface area (Å²) in [6.45, 7) is 11.6. The van der Waals surface area contributed by atoms with E-state index in [2.05, 4.69) is 13.2 Å². The Morgan fingerprint density at radius 1 is 1.41 bits per heavy atom. The lowest BCUT2D eigenvalue weighted by Gasteiger charge is -2.23. The van der Waals surface area contributed by atoms with E-state index in [0.29, 0.717) is 5.57 Å². The minimum Gasteiger partial charge on any atom is -0.207 e. The summed E-state index contributed by atoms with van der Waals surface area (Å²) in [6.07, 6.45) is 1.72. The first-order valence-corrected chi connectivity index (χ1v) is 8.57. The molecule has 0 amide bonds. The number of sulfonamides is 1. The van der Waals surface area contributed by atoms with Crippen molar-refractivity contribution < 1.29 is 8.42 Å². The molecule has 1 aromatic rings. The zero-order valence-corrected chi connectivity index (χ0v) is 13.7. The van der Waals surface area contributed by atoms with Crippen molar-refractivity contribution in [3.05, 3.63) is 54.6 Å². The average molecular weight is 316 g/mol. The Hall–Kier alpha value is -1.90. The van der Waals surface area contributed by atoms with Crippen LogP contribution in [0.2, 0.25) is 0 Å². The molecule has 0 N–H and O–H groups in total. The van der Waals surface area contributed by atoms with Crippen molar-refractivity contribution in [1.82, 2.24) is 4.31 Å². The van der Waals surface area contributed by atoms with Crippen LogP contribution in [0.1, 0.15) is 12.5 Å². The van der Waals surface area contributed by atoms with E-state index in [1.54, 1.807) is 30.3 Å². The van der Waals surface area contributed by atoms with E-state index in [0.717, 1.165) is 5.56 Å². The summed E-state index contributed by atoms with van der Waals surface area (Å²) in [4.78, 5) is 0.274. The maximum Gasteiger partial charge on any atom is 0.243 e. The Morgan fingerprint density at radius 3 is 2.50 bits per heavy atom. The van der Waals surface area contributed by atoms with Crippen LogP contribution in [0.15, 0.2) is 54.0 Å². The Morgan fingerprint density at radius 2 is 2.00 bits per heavy atom. The summed E-state index contributed by atoms with van der Waals surface area (Å²) in [5.74, 6) is -0.315. The first-order valence-electron chi connectivity index (χ1n) is 7.13. The summed E-state index contributed by atoms with van der Waals surface area (Å²) >= 11 is 0. The van der Waals surface area contributed by atoms with Crippen molar-refractivity contribution in [2.45, 2.75) is 24.8 Å². The van der Waals surface area contributed by atoms with Gasteiger partial charge in [0.05, 0.1) is 11.0 Å². The van der Waals surface area contributed by atoms with Crippen molar-refractivity contribution in [3.63, 3.8) is 0 Å². The van der Waals surface area contributed by atoms with Crippen molar-refractivity contribution >= 4 is 10.0 Å². The van der Waals surface area contributed by atoms with E-state index in [1.807, 2.05) is 19.9 Å². The minimum atomic E-state index is -3.59. The predicted molar refractivity (Wildman–Crippen MR) is 86.5 cm³/mol. The van der Waals surface area contributed by atoms with Crippen LogP contribution in [0.5, 0.6) is 0 Å². The number of nitriles is 1. The monoisotopic (exact) mass is 316 g/mol. The molecule has 0 bridgehead atoms. The molecule has 3 atom stereocenters. The van der Waals surface area contributed by atoms with Crippen LogP contribution in [0.3, 0.4) is 0 Å². The SMILES string of the molecule is C=C[C@H]1[C@@H](C(=C)C#N)CN(S(=O)(=O)c2ccc(C)cc2)[C@@H]1C. The van der Waals surface area contributed by atoms with Gasteiger partial charge in [-0.3, -0.25) is 0 Å². The van der Waals surface area contributed by atoms with Gasteiger partial charge in [0, 0.05) is 30.0 Å². The third-order valence-electron chi connectivity index (χ3n) is 4.34. The number of benzene rings is 1. The second kappa shape index (κ2) is 6.07. The van der Waals surface area contributed by atoms with E-state index >= 15 is 0 Å². The Kier molecular flexibility index (Phi) is 4.55. The predicted octanol–water partition coefficient (Wildman–Crippen LogP) is 2.89. The Bertz CT molecular complexity index is 729. The fourth-order valence-electron chi connectivity index (χ4n) is 2.96. The van der Waals surface area contributed by atoms with Crippen LogP contribution >= 0.6 is 0 Å². The lowest BCUT2D eigenvalue weighted by atomic mass is 9.87. The van der Waals surface area contributed by atoms with Crippen molar-refractivity contribution in [1.29, 1.82) is 5.26 Å². The number of aryl methyl sites for hydroxylation is 1. The molecule has 1 heterocycles. The van der Waals surface area contributed by atoms with E-state index in [-0.39, 0.29) is 29.3 Å². The fraction of sp³-hybridized carbons (Fsp3) is 0.353. The van der Waals surface area contributed by atoms with Gasteiger partial charge < -0.3 is 0 Å². The zero-order valence-electron chi connectivity index (χ0n) is 12.9. The number of hydrogen-bond acceptors (Lipinski definition) is 3. The van der Waals surface area contributed by atoms with E-state index in [9.17, 15) is 8.42 Å². The standard InChI is InChI=1S/C17H20N2O2S/c1-5-16-14(4)19(11-17(16)13(3)10-18)22(20,21)15-8-6-12(2)7-9-15/h5-9,14,16-17H,1,3,11H2,2,4H3/t14-,16-,17-/m1/s1. The van der Waals surface area contributed by atoms with Gasteiger partial charge in [0.2, 0.25) is 10.0 Å². The van der Waals surface area contributed by atoms with Gasteiger partial charge in [-0.25, -0.2) is 8.42 Å². The third-order valence-corrected chi connectivity index (χ3v) is 6.31. The zero-order chi connectivity index (χ0) is 16.5. The van der Waals surface area contributed by atoms with Gasteiger partial charge in [0.1, 0.15) is 0 Å². The Labute approximate surface area is 132 Å². The molecule has 0 aliphatic carbocycles. The highest BCUT2D eigenvalue weighted by Gasteiger charge is 2.44. The molecule has 1 aliphatic rings. The molecule has 1 aliphatic heterocycles. The van der Waals surface area contributed by atoms with Crippen molar-refractivity contribution in [2.75, 3.05) is 6.54 Å². The Balaban J connectivity index is 2.40. The topological polar surface area (TPSA) is 61.2 Å². The highest BCUT2D eigenvalue weighted by molar-refractivity contribution is 7.89. The van der Waals surface area contributed by atoms with Crippen molar-refractivity contribution in [3.8, 4) is 6.07 Å². The van der Waals surface area contributed by atoms with Crippen LogP contribution < -0.4 is 0 Å². The molecule has 0 spiro atoms. The molecular formula is C17H20N2O2S. The number of nitrogens with zero attached hydrogens (tertiary/aromatic N) is 2. The molecule has 4 nitrogen and oxygen atoms in total. The van der Waals surface area contributed by atoms with Gasteiger partial charge in [0.25, 0.3) is 0 Å². The van der Waals surface area contributed by atoms with E-state index < -0.39 is 10.0 Å². The van der Waals surface area contributed by atoms with Gasteiger partial charge in [0.15, 0.2) is 0 Å². The maximum absolute atomic E-state index is 12.9. The lowest BCUT2D eigenvalue weighted by molar-refractivity contribution is 0.385. The summed E-state index contributed by atoms with van der Waals surface area (Å²) < 4.78 is 27.2. The molecule has 116 valence electrons. The molecule has 22 heavy (non-hydrogen) atoms. The summed E-state index contributed by atoms with van der Waals surface area (Å²) in [5.41, 5.74) is 1.41. The quantitative estimate of drug-likeness (QED) is 0.634. The molecule has 1 aromatic carbocycles. The van der Waals surface area contributed by atoms with Crippen LogP contribution in [-0.2, 0) is 10.0 Å². The van der Waals surface area contributed by atoms with Gasteiger partial charge in [-0.05, 0) is 26.0 Å². The van der Waals surface area contributed by atoms with Crippen molar-refractivity contribution in [2.24, 2.45) is 11.8 Å². The normalized spacial score (nSPS) is 25.6. The molecule has 2 rings (SSSR count). The molecule has 0 unspecified atom stereocenters. The average Bonchev–Trinajstić information content (AvgIpc) is 2.84. The molecule has 1 saturated heterocycles. The smallest absolute Gasteiger partial charge is 0.207 e. The van der Waals surface area contributed by atoms with Crippen LogP contribution in [0.25, 0.3) is 0 Å². The fourth-order valence-corrected chi connectivity index (χ4v) is 4.65. The molecule has 1 fully saturated rings. The van der Waals surface area contributed by atoms with Crippen LogP contribution in [-0.4, -0.2) is 25.3 Å². The summed E-state index contributed by atoms with van der Waals surface area (Å²) in [6, 6.07) is 8.60. The molecule has 0 aromatic heterocycles. The molecule has 5 heteroatoms. The van der Waals surface area contributed by atoms with E-state index in [1.165, 1.54) is 4.31 Å². The highest BCUT2D eigenvalue weighted by atomic mass is 32.2. The lowest BCUT2D eigenvalue weighted by Crippen LogP contribution is -2.35. The number of rotatable bonds is 4. The van der Waals surface area contributed by atoms with Crippen LogP contribution in [0.4, 0.5) is 0 Å². The maximum atomic E-state index is 12.9. The second-order valence-electron chi connectivity index (χ2n) is 5.68. The first kappa shape index (κ1) is 16.5.